The summed E-state index contributed by atoms with van der Waals surface area (Å²) in [5.41, 5.74) is 0.884. The van der Waals surface area contributed by atoms with Crippen molar-refractivity contribution in [1.29, 1.82) is 0 Å². The fourth-order valence-corrected chi connectivity index (χ4v) is 4.39. The van der Waals surface area contributed by atoms with Gasteiger partial charge in [0.2, 0.25) is 11.6 Å². The highest BCUT2D eigenvalue weighted by molar-refractivity contribution is 7.92. The molecule has 4 rings (SSSR count). The zero-order valence-electron chi connectivity index (χ0n) is 22.0. The van der Waals surface area contributed by atoms with Crippen molar-refractivity contribution in [2.45, 2.75) is 31.1 Å². The van der Waals surface area contributed by atoms with Crippen molar-refractivity contribution < 1.29 is 27.4 Å². The Bertz CT molecular complexity index is 1490. The van der Waals surface area contributed by atoms with E-state index in [4.69, 9.17) is 18.9 Å². The summed E-state index contributed by atoms with van der Waals surface area (Å²) in [6.45, 7) is 6.37. The van der Waals surface area contributed by atoms with E-state index in [9.17, 15) is 8.42 Å². The van der Waals surface area contributed by atoms with Crippen LogP contribution in [0, 0.1) is 0 Å². The van der Waals surface area contributed by atoms with Crippen LogP contribution < -0.4 is 23.7 Å². The predicted molar refractivity (Wildman–Crippen MR) is 144 cm³/mol. The second-order valence-electron chi connectivity index (χ2n) is 9.26. The number of ether oxygens (including phenoxy) is 4. The van der Waals surface area contributed by atoms with Crippen molar-refractivity contribution in [3.63, 3.8) is 0 Å². The van der Waals surface area contributed by atoms with Gasteiger partial charge in [-0.15, -0.1) is 0 Å². The molecule has 2 aromatic heterocycles. The zero-order valence-corrected chi connectivity index (χ0v) is 22.8. The third-order valence-electron chi connectivity index (χ3n) is 5.42. The molecule has 0 aliphatic carbocycles. The molecule has 0 radical (unpaired) electrons. The molecule has 1 N–H and O–H groups in total. The molecule has 0 amide bonds. The highest BCUT2D eigenvalue weighted by Gasteiger charge is 2.23. The molecule has 39 heavy (non-hydrogen) atoms. The first-order valence-corrected chi connectivity index (χ1v) is 13.5. The molecule has 0 unspecified atom stereocenters. The maximum Gasteiger partial charge on any atom is 0.263 e. The lowest BCUT2D eigenvalue weighted by molar-refractivity contribution is 0.202. The number of hydrogen-bond acceptors (Lipinski definition) is 10. The van der Waals surface area contributed by atoms with Gasteiger partial charge in [-0.1, -0.05) is 39.0 Å². The van der Waals surface area contributed by atoms with Crippen LogP contribution in [0.2, 0.25) is 0 Å². The number of benzene rings is 2. The van der Waals surface area contributed by atoms with E-state index >= 15 is 0 Å². The number of nitrogens with one attached hydrogen (secondary N) is 1. The number of nitrogens with zero attached hydrogens (tertiary/aromatic N) is 4. The molecule has 12 heteroatoms. The summed E-state index contributed by atoms with van der Waals surface area (Å²) in [4.78, 5) is 16.2. The van der Waals surface area contributed by atoms with Gasteiger partial charge in [0, 0.05) is 18.3 Å². The van der Waals surface area contributed by atoms with Crippen LogP contribution in [-0.2, 0) is 15.4 Å². The van der Waals surface area contributed by atoms with E-state index in [0.29, 0.717) is 17.4 Å². The lowest BCUT2D eigenvalue weighted by Gasteiger charge is -2.19. The average molecular weight is 552 g/mol. The second-order valence-corrected chi connectivity index (χ2v) is 10.9. The minimum Gasteiger partial charge on any atom is -0.497 e. The molecule has 2 aromatic carbocycles. The average Bonchev–Trinajstić information content (AvgIpc) is 2.93. The number of sulfonamides is 1. The van der Waals surface area contributed by atoms with Crippen molar-refractivity contribution in [2.75, 3.05) is 25.0 Å². The highest BCUT2D eigenvalue weighted by Crippen LogP contribution is 2.37. The Morgan fingerprint density at radius 2 is 1.62 bits per heavy atom. The van der Waals surface area contributed by atoms with Crippen LogP contribution in [0.15, 0.2) is 78.3 Å². The first-order valence-electron chi connectivity index (χ1n) is 12.0. The Morgan fingerprint density at radius 3 is 2.31 bits per heavy atom. The van der Waals surface area contributed by atoms with Gasteiger partial charge in [-0.2, -0.15) is 4.98 Å². The van der Waals surface area contributed by atoms with Crippen LogP contribution in [0.3, 0.4) is 0 Å². The van der Waals surface area contributed by atoms with E-state index in [1.54, 1.807) is 60.8 Å². The van der Waals surface area contributed by atoms with Gasteiger partial charge in [-0.25, -0.2) is 23.4 Å². The smallest absolute Gasteiger partial charge is 0.263 e. The monoisotopic (exact) mass is 551 g/mol. The van der Waals surface area contributed by atoms with Crippen LogP contribution >= 0.6 is 0 Å². The molecular weight excluding hydrogens is 522 g/mol. The van der Waals surface area contributed by atoms with Crippen LogP contribution in [-0.4, -0.2) is 48.7 Å². The summed E-state index contributed by atoms with van der Waals surface area (Å²) < 4.78 is 51.7. The molecule has 0 saturated carbocycles. The van der Waals surface area contributed by atoms with E-state index in [2.05, 4.69) is 45.4 Å². The first kappa shape index (κ1) is 27.6. The number of hydrogen-bond donors (Lipinski definition) is 1. The second kappa shape index (κ2) is 11.9. The van der Waals surface area contributed by atoms with Crippen LogP contribution in [0.1, 0.15) is 26.3 Å². The molecule has 0 fully saturated rings. The van der Waals surface area contributed by atoms with Gasteiger partial charge in [0.1, 0.15) is 37.4 Å². The molecule has 11 nitrogen and oxygen atoms in total. The van der Waals surface area contributed by atoms with Gasteiger partial charge >= 0.3 is 0 Å². The lowest BCUT2D eigenvalue weighted by Crippen LogP contribution is -2.17. The Hall–Kier alpha value is -4.45. The molecule has 0 spiro atoms. The summed E-state index contributed by atoms with van der Waals surface area (Å²) in [6.07, 6.45) is 4.11. The molecule has 2 heterocycles. The van der Waals surface area contributed by atoms with Crippen LogP contribution in [0.4, 0.5) is 5.82 Å². The molecule has 0 aliphatic rings. The highest BCUT2D eigenvalue weighted by atomic mass is 32.2. The van der Waals surface area contributed by atoms with E-state index in [1.165, 1.54) is 19.8 Å². The van der Waals surface area contributed by atoms with Gasteiger partial charge in [0.25, 0.3) is 15.9 Å². The first-order chi connectivity index (χ1) is 18.7. The quantitative estimate of drug-likeness (QED) is 0.263. The van der Waals surface area contributed by atoms with Crippen molar-refractivity contribution in [2.24, 2.45) is 0 Å². The molecule has 0 saturated heterocycles. The molecule has 0 aliphatic heterocycles. The van der Waals surface area contributed by atoms with E-state index < -0.39 is 10.0 Å². The number of rotatable bonds is 11. The number of anilines is 1. The molecule has 4 aromatic rings. The van der Waals surface area contributed by atoms with Gasteiger partial charge in [-0.3, -0.25) is 4.72 Å². The Kier molecular flexibility index (Phi) is 8.45. The maximum absolute atomic E-state index is 13.3. The molecule has 0 atom stereocenters. The fraction of sp³-hybridized carbons (Fsp3) is 0.259. The largest absolute Gasteiger partial charge is 0.497 e. The topological polar surface area (TPSA) is 135 Å². The Balaban J connectivity index is 1.60. The minimum atomic E-state index is -4.02. The van der Waals surface area contributed by atoms with Crippen molar-refractivity contribution >= 4 is 15.8 Å². The van der Waals surface area contributed by atoms with Crippen molar-refractivity contribution in [3.05, 3.63) is 79.0 Å². The summed E-state index contributed by atoms with van der Waals surface area (Å²) in [7, 11) is -2.49. The summed E-state index contributed by atoms with van der Waals surface area (Å²) >= 11 is 0. The number of methoxy groups -OCH3 is 1. The maximum atomic E-state index is 13.3. The fourth-order valence-electron chi connectivity index (χ4n) is 3.38. The summed E-state index contributed by atoms with van der Waals surface area (Å²) in [5, 5.41) is 0. The van der Waals surface area contributed by atoms with E-state index in [1.807, 2.05) is 0 Å². The normalized spacial score (nSPS) is 11.5. The van der Waals surface area contributed by atoms with Gasteiger partial charge in [0.15, 0.2) is 5.82 Å². The van der Waals surface area contributed by atoms with Crippen LogP contribution in [0.25, 0.3) is 0 Å². The van der Waals surface area contributed by atoms with Crippen molar-refractivity contribution in [1.82, 2.24) is 19.9 Å². The van der Waals surface area contributed by atoms with Gasteiger partial charge < -0.3 is 18.9 Å². The Morgan fingerprint density at radius 1 is 0.872 bits per heavy atom. The Labute approximate surface area is 227 Å². The number of aromatic nitrogens is 4. The third-order valence-corrected chi connectivity index (χ3v) is 6.78. The minimum absolute atomic E-state index is 0.0138. The predicted octanol–water partition coefficient (Wildman–Crippen LogP) is 4.62. The summed E-state index contributed by atoms with van der Waals surface area (Å²) in [5.74, 6) is 1.18. The van der Waals surface area contributed by atoms with Gasteiger partial charge in [-0.05, 0) is 35.2 Å². The molecular formula is C27H29N5O6S. The summed E-state index contributed by atoms with van der Waals surface area (Å²) in [6, 6.07) is 15.1. The third kappa shape index (κ3) is 7.32. The van der Waals surface area contributed by atoms with Gasteiger partial charge in [0.05, 0.1) is 12.0 Å². The van der Waals surface area contributed by atoms with Crippen LogP contribution in [0.5, 0.6) is 29.0 Å². The lowest BCUT2D eigenvalue weighted by atomic mass is 9.87. The zero-order chi connectivity index (χ0) is 27.9. The molecule has 204 valence electrons. The standard InChI is InChI=1S/C27H29N5O6S/c1-27(2,3)19-8-10-22(11-9-19)39(33,34)32-25-24(38-21-7-5-6-20(16-21)35-4)26(31-18-30-25)37-15-14-36-23-12-13-28-17-29-23/h5-13,16-18H,14-15H2,1-4H3,(H,30,31,32). The molecule has 0 bridgehead atoms. The van der Waals surface area contributed by atoms with E-state index in [0.717, 1.165) is 5.56 Å². The van der Waals surface area contributed by atoms with E-state index in [-0.39, 0.29) is 41.0 Å². The van der Waals surface area contributed by atoms with Crippen molar-refractivity contribution in [3.8, 4) is 29.0 Å². The SMILES string of the molecule is COc1cccc(Oc2c(NS(=O)(=O)c3ccc(C(C)(C)C)cc3)ncnc2OCCOc2ccncn2)c1.